The molecule has 1 aliphatic rings. The monoisotopic (exact) mass is 520 g/mol. The van der Waals surface area contributed by atoms with Crippen molar-refractivity contribution in [3.05, 3.63) is 85.7 Å². The molecule has 1 fully saturated rings. The van der Waals surface area contributed by atoms with Gasteiger partial charge in [0.05, 0.1) is 31.9 Å². The molecule has 1 amide bonds. The van der Waals surface area contributed by atoms with Gasteiger partial charge in [-0.25, -0.2) is 4.79 Å². The summed E-state index contributed by atoms with van der Waals surface area (Å²) in [6.45, 7) is 6.42. The number of carbonyl (C=O) groups excluding carboxylic acids is 2. The predicted octanol–water partition coefficient (Wildman–Crippen LogP) is 2.48. The van der Waals surface area contributed by atoms with Gasteiger partial charge in [-0.15, -0.1) is 0 Å². The van der Waals surface area contributed by atoms with Crippen molar-refractivity contribution in [2.45, 2.75) is 40.2 Å². The summed E-state index contributed by atoms with van der Waals surface area (Å²) in [7, 11) is 1.53. The number of nitrogens with zero attached hydrogens (tertiary/aromatic N) is 4. The number of hydrogen-bond donors (Lipinski definition) is 0. The van der Waals surface area contributed by atoms with Crippen LogP contribution < -0.4 is 16.0 Å². The van der Waals surface area contributed by atoms with Crippen molar-refractivity contribution in [3.8, 4) is 11.4 Å². The first-order valence-corrected chi connectivity index (χ1v) is 12.6. The third-order valence-electron chi connectivity index (χ3n) is 6.87. The molecule has 10 nitrogen and oxygen atoms in total. The fourth-order valence-corrected chi connectivity index (χ4v) is 4.50. The summed E-state index contributed by atoms with van der Waals surface area (Å²) >= 11 is 0. The Labute approximate surface area is 220 Å². The molecule has 1 aliphatic heterocycles. The molecule has 38 heavy (non-hydrogen) atoms. The molecule has 0 bridgehead atoms. The number of likely N-dealkylation sites (tertiary alicyclic amines) is 1. The smallest absolute Gasteiger partial charge is 0.352 e. The lowest BCUT2D eigenvalue weighted by molar-refractivity contribution is -0.149. The van der Waals surface area contributed by atoms with Gasteiger partial charge in [0.1, 0.15) is 5.75 Å². The zero-order chi connectivity index (χ0) is 27.4. The molecular formula is C28H32N4O6. The van der Waals surface area contributed by atoms with Crippen LogP contribution in [-0.4, -0.2) is 57.9 Å². The number of benzene rings is 2. The minimum atomic E-state index is -0.768. The highest BCUT2D eigenvalue weighted by Crippen LogP contribution is 2.20. The van der Waals surface area contributed by atoms with Crippen molar-refractivity contribution >= 4 is 11.9 Å². The van der Waals surface area contributed by atoms with E-state index in [4.69, 9.17) is 9.47 Å². The predicted molar refractivity (Wildman–Crippen MR) is 141 cm³/mol. The summed E-state index contributed by atoms with van der Waals surface area (Å²) in [5.41, 5.74) is 1.32. The molecule has 10 heteroatoms. The molecule has 4 rings (SSSR count). The molecule has 0 aliphatic carbocycles. The highest BCUT2D eigenvalue weighted by Gasteiger charge is 2.31. The molecule has 2 aromatic carbocycles. The lowest BCUT2D eigenvalue weighted by Crippen LogP contribution is -2.48. The molecule has 0 unspecified atom stereocenters. The van der Waals surface area contributed by atoms with E-state index in [2.05, 4.69) is 5.10 Å². The van der Waals surface area contributed by atoms with Crippen LogP contribution in [0.3, 0.4) is 0 Å². The van der Waals surface area contributed by atoms with Crippen LogP contribution in [0.5, 0.6) is 5.75 Å². The quantitative estimate of drug-likeness (QED) is 0.440. The van der Waals surface area contributed by atoms with Gasteiger partial charge < -0.3 is 14.4 Å². The average molecular weight is 521 g/mol. The van der Waals surface area contributed by atoms with E-state index in [1.807, 2.05) is 19.9 Å². The van der Waals surface area contributed by atoms with E-state index in [0.29, 0.717) is 36.4 Å². The molecule has 1 aromatic heterocycles. The van der Waals surface area contributed by atoms with Gasteiger partial charge in [0.2, 0.25) is 5.69 Å². The van der Waals surface area contributed by atoms with Gasteiger partial charge >= 0.3 is 11.7 Å². The van der Waals surface area contributed by atoms with E-state index in [0.717, 1.165) is 20.4 Å². The molecule has 0 spiro atoms. The minimum Gasteiger partial charge on any atom is -0.497 e. The van der Waals surface area contributed by atoms with Gasteiger partial charge in [0, 0.05) is 13.1 Å². The first-order valence-electron chi connectivity index (χ1n) is 12.6. The van der Waals surface area contributed by atoms with Crippen molar-refractivity contribution in [2.24, 2.45) is 5.92 Å². The topological polar surface area (TPSA) is 113 Å². The Morgan fingerprint density at radius 2 is 1.76 bits per heavy atom. The Bertz CT molecular complexity index is 1470. The standard InChI is InChI=1S/C28H32N4O6/c1-5-38-27(35)21-11-13-30(14-12-21)25(33)24-26(34)31(17-20-7-6-8-23(16-20)37-4)28(36)32(29-24)22-10-9-18(2)19(3)15-22/h6-10,15-16,21H,5,11-14,17H2,1-4H3. The molecule has 1 saturated heterocycles. The summed E-state index contributed by atoms with van der Waals surface area (Å²) in [6.07, 6.45) is 0.860. The molecule has 0 radical (unpaired) electrons. The van der Waals surface area contributed by atoms with Gasteiger partial charge in [0.25, 0.3) is 11.5 Å². The SMILES string of the molecule is CCOC(=O)C1CCN(C(=O)c2nn(-c3ccc(C)c(C)c3)c(=O)n(Cc3cccc(OC)c3)c2=O)CC1. The Kier molecular flexibility index (Phi) is 8.09. The fraction of sp³-hybridized carbons (Fsp3) is 0.393. The van der Waals surface area contributed by atoms with E-state index >= 15 is 0 Å². The minimum absolute atomic E-state index is 0.0621. The maximum Gasteiger partial charge on any atom is 0.352 e. The Morgan fingerprint density at radius 3 is 2.42 bits per heavy atom. The highest BCUT2D eigenvalue weighted by atomic mass is 16.5. The number of amides is 1. The molecule has 0 N–H and O–H groups in total. The third kappa shape index (κ3) is 5.53. The zero-order valence-electron chi connectivity index (χ0n) is 22.1. The van der Waals surface area contributed by atoms with Gasteiger partial charge in [-0.05, 0) is 74.6 Å². The van der Waals surface area contributed by atoms with Crippen molar-refractivity contribution in [1.82, 2.24) is 19.2 Å². The number of piperidine rings is 1. The van der Waals surface area contributed by atoms with Crippen LogP contribution in [0.4, 0.5) is 0 Å². The Morgan fingerprint density at radius 1 is 1.03 bits per heavy atom. The first kappa shape index (κ1) is 26.8. The van der Waals surface area contributed by atoms with Gasteiger partial charge in [-0.3, -0.25) is 19.0 Å². The van der Waals surface area contributed by atoms with Crippen LogP contribution in [0.2, 0.25) is 0 Å². The van der Waals surface area contributed by atoms with Crippen molar-refractivity contribution in [2.75, 3.05) is 26.8 Å². The summed E-state index contributed by atoms with van der Waals surface area (Å²) < 4.78 is 12.5. The van der Waals surface area contributed by atoms with E-state index in [-0.39, 0.29) is 37.2 Å². The Balaban J connectivity index is 1.75. The van der Waals surface area contributed by atoms with Crippen LogP contribution in [-0.2, 0) is 16.1 Å². The van der Waals surface area contributed by atoms with Crippen molar-refractivity contribution in [1.29, 1.82) is 0 Å². The summed E-state index contributed by atoms with van der Waals surface area (Å²) in [5.74, 6) is -0.558. The first-order chi connectivity index (χ1) is 18.2. The van der Waals surface area contributed by atoms with Crippen LogP contribution in [0, 0.1) is 19.8 Å². The summed E-state index contributed by atoms with van der Waals surface area (Å²) in [6, 6.07) is 12.4. The molecule has 2 heterocycles. The number of aryl methyl sites for hydroxylation is 2. The summed E-state index contributed by atoms with van der Waals surface area (Å²) in [5, 5.41) is 4.27. The lowest BCUT2D eigenvalue weighted by Gasteiger charge is -2.30. The van der Waals surface area contributed by atoms with Crippen LogP contribution in [0.15, 0.2) is 52.1 Å². The number of methoxy groups -OCH3 is 1. The molecule has 200 valence electrons. The molecule has 0 saturated carbocycles. The zero-order valence-corrected chi connectivity index (χ0v) is 22.1. The molecular weight excluding hydrogens is 488 g/mol. The molecule has 3 aromatic rings. The average Bonchev–Trinajstić information content (AvgIpc) is 2.93. The van der Waals surface area contributed by atoms with Gasteiger partial charge in [-0.1, -0.05) is 18.2 Å². The van der Waals surface area contributed by atoms with Crippen LogP contribution >= 0.6 is 0 Å². The second-order valence-electron chi connectivity index (χ2n) is 9.37. The second kappa shape index (κ2) is 11.5. The fourth-order valence-electron chi connectivity index (χ4n) is 4.50. The van der Waals surface area contributed by atoms with E-state index in [9.17, 15) is 19.2 Å². The van der Waals surface area contributed by atoms with Gasteiger partial charge in [0.15, 0.2) is 0 Å². The van der Waals surface area contributed by atoms with E-state index in [1.165, 1.54) is 12.0 Å². The number of rotatable bonds is 7. The van der Waals surface area contributed by atoms with Crippen LogP contribution in [0.25, 0.3) is 5.69 Å². The Hall–Kier alpha value is -4.21. The van der Waals surface area contributed by atoms with E-state index in [1.54, 1.807) is 43.3 Å². The number of aromatic nitrogens is 3. The number of ether oxygens (including phenoxy) is 2. The number of esters is 1. The van der Waals surface area contributed by atoms with Crippen molar-refractivity contribution in [3.63, 3.8) is 0 Å². The maximum absolute atomic E-state index is 13.5. The maximum atomic E-state index is 13.5. The van der Waals surface area contributed by atoms with Crippen molar-refractivity contribution < 1.29 is 19.1 Å². The normalized spacial score (nSPS) is 13.8. The largest absolute Gasteiger partial charge is 0.497 e. The highest BCUT2D eigenvalue weighted by molar-refractivity contribution is 5.92. The van der Waals surface area contributed by atoms with Crippen LogP contribution in [0.1, 0.15) is 46.9 Å². The number of carbonyl (C=O) groups is 2. The summed E-state index contributed by atoms with van der Waals surface area (Å²) in [4.78, 5) is 54.2. The van der Waals surface area contributed by atoms with E-state index < -0.39 is 17.2 Å². The van der Waals surface area contributed by atoms with Gasteiger partial charge in [-0.2, -0.15) is 9.78 Å². The molecule has 0 atom stereocenters. The number of hydrogen-bond acceptors (Lipinski definition) is 7. The lowest BCUT2D eigenvalue weighted by atomic mass is 9.97. The third-order valence-corrected chi connectivity index (χ3v) is 6.87. The second-order valence-corrected chi connectivity index (χ2v) is 9.37.